The predicted molar refractivity (Wildman–Crippen MR) is 139 cm³/mol. The summed E-state index contributed by atoms with van der Waals surface area (Å²) in [7, 11) is 4.73. The van der Waals surface area contributed by atoms with E-state index in [4.69, 9.17) is 5.11 Å². The van der Waals surface area contributed by atoms with Gasteiger partial charge in [-0.15, -0.1) is 0 Å². The van der Waals surface area contributed by atoms with Crippen molar-refractivity contribution in [2.45, 2.75) is 116 Å². The van der Waals surface area contributed by atoms with E-state index in [0.717, 1.165) is 11.0 Å². The second-order valence-electron chi connectivity index (χ2n) is 10.2. The fraction of sp³-hybridized carbons (Fsp3) is 0.724. The molecule has 0 radical (unpaired) electrons. The summed E-state index contributed by atoms with van der Waals surface area (Å²) in [5.41, 5.74) is 1.46. The average molecular weight is 478 g/mol. The van der Waals surface area contributed by atoms with Gasteiger partial charge >= 0.3 is 5.97 Å². The van der Waals surface area contributed by atoms with Crippen LogP contribution in [0.5, 0.6) is 0 Å². The van der Waals surface area contributed by atoms with E-state index in [1.807, 2.05) is 0 Å². The van der Waals surface area contributed by atoms with E-state index in [9.17, 15) is 14.7 Å². The van der Waals surface area contributed by atoms with Crippen molar-refractivity contribution in [2.24, 2.45) is 0 Å². The van der Waals surface area contributed by atoms with Crippen LogP contribution >= 0.6 is 0 Å². The molecule has 0 spiro atoms. The third-order valence-electron chi connectivity index (χ3n) is 6.09. The molecule has 5 heteroatoms. The summed E-state index contributed by atoms with van der Waals surface area (Å²) in [4.78, 5) is 19.7. The van der Waals surface area contributed by atoms with Gasteiger partial charge in [-0.25, -0.2) is 0 Å². The van der Waals surface area contributed by atoms with Crippen LogP contribution in [0.25, 0.3) is 0 Å². The molecule has 0 atom stereocenters. The molecule has 0 unspecified atom stereocenters. The molecule has 0 aliphatic carbocycles. The van der Waals surface area contributed by atoms with E-state index >= 15 is 0 Å². The molecule has 1 N–H and O–H groups in total. The number of quaternary nitrogens is 1. The fourth-order valence-electron chi connectivity index (χ4n) is 4.08. The van der Waals surface area contributed by atoms with Gasteiger partial charge < -0.3 is 19.5 Å². The number of nitrogens with zero attached hydrogens (tertiary/aromatic N) is 1. The lowest BCUT2D eigenvalue weighted by atomic mass is 10.1. The van der Waals surface area contributed by atoms with E-state index in [1.165, 1.54) is 89.2 Å². The Labute approximate surface area is 209 Å². The molecule has 196 valence electrons. The third kappa shape index (κ3) is 23.3. The Hall–Kier alpha value is -1.88. The van der Waals surface area contributed by atoms with Gasteiger partial charge in [-0.2, -0.15) is 0 Å². The third-order valence-corrected chi connectivity index (χ3v) is 6.09. The molecule has 0 fully saturated rings. The predicted octanol–water partition coefficient (Wildman–Crippen LogP) is 6.35. The Bertz CT molecular complexity index is 600. The van der Waals surface area contributed by atoms with Gasteiger partial charge in [0, 0.05) is 18.0 Å². The molecule has 34 heavy (non-hydrogen) atoms. The lowest BCUT2D eigenvalue weighted by Crippen LogP contribution is -2.39. The van der Waals surface area contributed by atoms with Crippen LogP contribution < -0.4 is 5.11 Å². The minimum atomic E-state index is -1.12. The average Bonchev–Trinajstić information content (AvgIpc) is 2.78. The van der Waals surface area contributed by atoms with Gasteiger partial charge in [0.25, 0.3) is 0 Å². The molecule has 0 saturated heterocycles. The molecule has 0 amide bonds. The van der Waals surface area contributed by atoms with Gasteiger partial charge in [0.15, 0.2) is 0 Å². The van der Waals surface area contributed by atoms with Crippen LogP contribution in [-0.2, 0) is 16.1 Å². The maximum atomic E-state index is 9.88. The molecule has 0 aromatic heterocycles. The Kier molecular flexibility index (Phi) is 20.4. The maximum Gasteiger partial charge on any atom is 0.303 e. The van der Waals surface area contributed by atoms with Gasteiger partial charge in [0.1, 0.15) is 6.54 Å². The second kappa shape index (κ2) is 21.6. The minimum absolute atomic E-state index is 0.0350. The number of carboxylic acids is 2. The molecule has 0 aliphatic rings. The molecule has 0 saturated carbocycles. The Morgan fingerprint density at radius 1 is 0.735 bits per heavy atom. The van der Waals surface area contributed by atoms with E-state index in [2.05, 4.69) is 51.4 Å². The van der Waals surface area contributed by atoms with Gasteiger partial charge in [-0.05, 0) is 32.1 Å². The lowest BCUT2D eigenvalue weighted by molar-refractivity contribution is -0.903. The number of carbonyl (C=O) groups is 2. The smallest absolute Gasteiger partial charge is 0.303 e. The van der Waals surface area contributed by atoms with E-state index in [0.29, 0.717) is 12.8 Å². The highest BCUT2D eigenvalue weighted by molar-refractivity contribution is 5.67. The zero-order valence-electron chi connectivity index (χ0n) is 22.2. The zero-order valence-corrected chi connectivity index (χ0v) is 22.2. The highest BCUT2D eigenvalue weighted by Crippen LogP contribution is 2.14. The van der Waals surface area contributed by atoms with E-state index in [1.54, 1.807) is 0 Å². The lowest BCUT2D eigenvalue weighted by Gasteiger charge is -2.30. The Balaban J connectivity index is 0.000000916. The standard InChI is InChI=1S/C23H42N.C6H10O4/c1-4-5-6-7-8-9-10-11-12-13-14-18-21-24(2,3)22-23-19-16-15-17-20-23;7-5(8)3-1-2-4-6(9)10/h15-17,19-20H,4-14,18,21-22H2,1-3H3;1-4H2,(H,7,8)(H,9,10)/q+1;/p-1. The molecule has 1 aromatic carbocycles. The van der Waals surface area contributed by atoms with Gasteiger partial charge in [0.2, 0.25) is 0 Å². The van der Waals surface area contributed by atoms with E-state index in [-0.39, 0.29) is 12.8 Å². The first-order valence-corrected chi connectivity index (χ1v) is 13.5. The Morgan fingerprint density at radius 3 is 1.68 bits per heavy atom. The molecular formula is C29H51NO4. The van der Waals surface area contributed by atoms with Gasteiger partial charge in [-0.1, -0.05) is 101 Å². The number of aliphatic carboxylic acids is 2. The molecule has 0 bridgehead atoms. The number of hydrogen-bond acceptors (Lipinski definition) is 3. The van der Waals surface area contributed by atoms with Crippen LogP contribution in [0.2, 0.25) is 0 Å². The van der Waals surface area contributed by atoms with Crippen molar-refractivity contribution >= 4 is 11.9 Å². The van der Waals surface area contributed by atoms with Crippen molar-refractivity contribution in [1.29, 1.82) is 0 Å². The SMILES string of the molecule is CCCCCCCCCCCCCC[N+](C)(C)Cc1ccccc1.O=C([O-])CCCCC(=O)O. The van der Waals surface area contributed by atoms with Crippen LogP contribution in [0.15, 0.2) is 30.3 Å². The van der Waals surface area contributed by atoms with Crippen molar-refractivity contribution in [3.63, 3.8) is 0 Å². The molecule has 0 aliphatic heterocycles. The van der Waals surface area contributed by atoms with Crippen LogP contribution in [-0.4, -0.2) is 42.2 Å². The summed E-state index contributed by atoms with van der Waals surface area (Å²) >= 11 is 0. The quantitative estimate of drug-likeness (QED) is 0.175. The number of carbonyl (C=O) groups excluding carboxylic acids is 1. The summed E-state index contributed by atoms with van der Waals surface area (Å²) in [5, 5.41) is 17.9. The number of carboxylic acid groups (broad SMARTS) is 2. The summed E-state index contributed by atoms with van der Waals surface area (Å²) < 4.78 is 1.11. The van der Waals surface area contributed by atoms with Gasteiger partial charge in [-0.3, -0.25) is 4.79 Å². The second-order valence-corrected chi connectivity index (χ2v) is 10.2. The summed E-state index contributed by atoms with van der Waals surface area (Å²) in [5.74, 6) is -2.01. The molecule has 5 nitrogen and oxygen atoms in total. The molecular weight excluding hydrogens is 426 g/mol. The molecule has 1 rings (SSSR count). The number of rotatable bonds is 20. The minimum Gasteiger partial charge on any atom is -0.550 e. The van der Waals surface area contributed by atoms with Crippen LogP contribution in [0.4, 0.5) is 0 Å². The first-order chi connectivity index (χ1) is 16.3. The van der Waals surface area contributed by atoms with Crippen molar-refractivity contribution in [3.8, 4) is 0 Å². The van der Waals surface area contributed by atoms with Crippen molar-refractivity contribution in [2.75, 3.05) is 20.6 Å². The van der Waals surface area contributed by atoms with Crippen LogP contribution in [0.3, 0.4) is 0 Å². The van der Waals surface area contributed by atoms with Gasteiger partial charge in [0.05, 0.1) is 20.6 Å². The molecule has 1 aromatic rings. The van der Waals surface area contributed by atoms with Crippen molar-refractivity contribution < 1.29 is 24.3 Å². The van der Waals surface area contributed by atoms with E-state index < -0.39 is 11.9 Å². The monoisotopic (exact) mass is 477 g/mol. The van der Waals surface area contributed by atoms with Crippen LogP contribution in [0.1, 0.15) is 115 Å². The summed E-state index contributed by atoms with van der Waals surface area (Å²) in [6.45, 7) is 4.74. The first kappa shape index (κ1) is 32.1. The summed E-state index contributed by atoms with van der Waals surface area (Å²) in [6, 6.07) is 10.9. The first-order valence-electron chi connectivity index (χ1n) is 13.5. The molecule has 0 heterocycles. The normalized spacial score (nSPS) is 11.0. The number of hydrogen-bond donors (Lipinski definition) is 1. The number of unbranched alkanes of at least 4 members (excludes halogenated alkanes) is 12. The van der Waals surface area contributed by atoms with Crippen LogP contribution in [0, 0.1) is 0 Å². The highest BCUT2D eigenvalue weighted by Gasteiger charge is 2.14. The maximum absolute atomic E-state index is 9.88. The summed E-state index contributed by atoms with van der Waals surface area (Å²) in [6.07, 6.45) is 18.0. The highest BCUT2D eigenvalue weighted by atomic mass is 16.4. The van der Waals surface area contributed by atoms with Crippen molar-refractivity contribution in [3.05, 3.63) is 35.9 Å². The largest absolute Gasteiger partial charge is 0.550 e. The van der Waals surface area contributed by atoms with Crippen molar-refractivity contribution in [1.82, 2.24) is 0 Å². The zero-order chi connectivity index (χ0) is 25.5. The topological polar surface area (TPSA) is 77.4 Å². The Morgan fingerprint density at radius 2 is 1.21 bits per heavy atom. The fourth-order valence-corrected chi connectivity index (χ4v) is 4.08. The number of benzene rings is 1.